The summed E-state index contributed by atoms with van der Waals surface area (Å²) in [6.45, 7) is 1.48. The van der Waals surface area contributed by atoms with Crippen molar-refractivity contribution in [2.24, 2.45) is 0 Å². The average Bonchev–Trinajstić information content (AvgIpc) is 2.75. The van der Waals surface area contributed by atoms with Crippen LogP contribution in [0.25, 0.3) is 0 Å². The molecule has 0 bridgehead atoms. The number of benzene rings is 1. The van der Waals surface area contributed by atoms with Crippen molar-refractivity contribution in [3.05, 3.63) is 40.4 Å². The summed E-state index contributed by atoms with van der Waals surface area (Å²) in [6.07, 6.45) is 0. The number of amides is 1. The van der Waals surface area contributed by atoms with Crippen LogP contribution in [0.2, 0.25) is 5.02 Å². The first-order valence-electron chi connectivity index (χ1n) is 5.24. The Labute approximate surface area is 119 Å². The SMILES string of the molecule is CC(=O)Nc1nc(CSc2ccc(Cl)cc2)cs1. The van der Waals surface area contributed by atoms with E-state index >= 15 is 0 Å². The van der Waals surface area contributed by atoms with Crippen LogP contribution in [0.3, 0.4) is 0 Å². The van der Waals surface area contributed by atoms with E-state index in [2.05, 4.69) is 10.3 Å². The van der Waals surface area contributed by atoms with E-state index in [-0.39, 0.29) is 5.91 Å². The maximum atomic E-state index is 10.9. The van der Waals surface area contributed by atoms with Gasteiger partial charge < -0.3 is 5.32 Å². The molecule has 0 saturated carbocycles. The van der Waals surface area contributed by atoms with Crippen molar-refractivity contribution in [3.63, 3.8) is 0 Å². The molecule has 1 aromatic heterocycles. The number of hydrogen-bond donors (Lipinski definition) is 1. The fourth-order valence-electron chi connectivity index (χ4n) is 1.27. The third-order valence-electron chi connectivity index (χ3n) is 2.04. The maximum Gasteiger partial charge on any atom is 0.223 e. The van der Waals surface area contributed by atoms with Crippen LogP contribution < -0.4 is 5.32 Å². The van der Waals surface area contributed by atoms with E-state index in [0.29, 0.717) is 5.13 Å². The van der Waals surface area contributed by atoms with Gasteiger partial charge in [-0.2, -0.15) is 0 Å². The number of nitrogens with zero attached hydrogens (tertiary/aromatic N) is 1. The highest BCUT2D eigenvalue weighted by Crippen LogP contribution is 2.26. The first kappa shape index (κ1) is 13.4. The standard InChI is InChI=1S/C12H11ClN2OS2/c1-8(16)14-12-15-10(7-18-12)6-17-11-4-2-9(13)3-5-11/h2-5,7H,6H2,1H3,(H,14,15,16). The van der Waals surface area contributed by atoms with Gasteiger partial charge in [0.25, 0.3) is 0 Å². The van der Waals surface area contributed by atoms with Crippen molar-refractivity contribution in [2.75, 3.05) is 5.32 Å². The highest BCUT2D eigenvalue weighted by molar-refractivity contribution is 7.98. The van der Waals surface area contributed by atoms with E-state index in [4.69, 9.17) is 11.6 Å². The summed E-state index contributed by atoms with van der Waals surface area (Å²) in [5.74, 6) is 0.679. The van der Waals surface area contributed by atoms with Crippen molar-refractivity contribution < 1.29 is 4.79 Å². The summed E-state index contributed by atoms with van der Waals surface area (Å²) in [5.41, 5.74) is 0.962. The second-order valence-corrected chi connectivity index (χ2v) is 5.91. The zero-order valence-corrected chi connectivity index (χ0v) is 12.0. The molecule has 6 heteroatoms. The lowest BCUT2D eigenvalue weighted by molar-refractivity contribution is -0.114. The molecule has 1 heterocycles. The molecule has 1 amide bonds. The fraction of sp³-hybridized carbons (Fsp3) is 0.167. The Morgan fingerprint density at radius 2 is 2.17 bits per heavy atom. The van der Waals surface area contributed by atoms with E-state index in [9.17, 15) is 4.79 Å². The summed E-state index contributed by atoms with van der Waals surface area (Å²) in [6, 6.07) is 7.70. The number of thiazole rings is 1. The number of hydrogen-bond acceptors (Lipinski definition) is 4. The lowest BCUT2D eigenvalue weighted by Gasteiger charge is -1.99. The van der Waals surface area contributed by atoms with Gasteiger partial charge in [0, 0.05) is 28.0 Å². The van der Waals surface area contributed by atoms with Crippen LogP contribution in [-0.2, 0) is 10.5 Å². The zero-order valence-electron chi connectivity index (χ0n) is 9.64. The molecule has 0 fully saturated rings. The van der Waals surface area contributed by atoms with Crippen molar-refractivity contribution in [1.29, 1.82) is 0 Å². The molecule has 1 aromatic carbocycles. The molecule has 0 aliphatic rings. The van der Waals surface area contributed by atoms with Gasteiger partial charge in [-0.1, -0.05) is 11.6 Å². The molecule has 0 unspecified atom stereocenters. The number of nitrogens with one attached hydrogen (secondary N) is 1. The predicted octanol–water partition coefficient (Wildman–Crippen LogP) is 4.05. The minimum absolute atomic E-state index is 0.0961. The second-order valence-electron chi connectivity index (χ2n) is 3.57. The van der Waals surface area contributed by atoms with Gasteiger partial charge in [-0.15, -0.1) is 23.1 Å². The van der Waals surface area contributed by atoms with Crippen molar-refractivity contribution in [1.82, 2.24) is 4.98 Å². The fourth-order valence-corrected chi connectivity index (χ4v) is 3.05. The van der Waals surface area contributed by atoms with Crippen LogP contribution in [0, 0.1) is 0 Å². The third-order valence-corrected chi connectivity index (χ3v) is 4.14. The van der Waals surface area contributed by atoms with Crippen LogP contribution in [0.5, 0.6) is 0 Å². The van der Waals surface area contributed by atoms with Gasteiger partial charge in [-0.25, -0.2) is 4.98 Å². The molecule has 94 valence electrons. The van der Waals surface area contributed by atoms with Crippen molar-refractivity contribution >= 4 is 45.7 Å². The molecule has 3 nitrogen and oxygen atoms in total. The van der Waals surface area contributed by atoms with E-state index < -0.39 is 0 Å². The predicted molar refractivity (Wildman–Crippen MR) is 77.4 cm³/mol. The Bertz CT molecular complexity index is 539. The number of aromatic nitrogens is 1. The summed E-state index contributed by atoms with van der Waals surface area (Å²) < 4.78 is 0. The average molecular weight is 299 g/mol. The molecule has 0 radical (unpaired) electrons. The number of anilines is 1. The van der Waals surface area contributed by atoms with E-state index in [1.807, 2.05) is 29.6 Å². The number of carbonyl (C=O) groups is 1. The van der Waals surface area contributed by atoms with Crippen LogP contribution in [0.1, 0.15) is 12.6 Å². The number of halogens is 1. The largest absolute Gasteiger partial charge is 0.302 e. The molecule has 0 atom stereocenters. The lowest BCUT2D eigenvalue weighted by atomic mass is 10.4. The van der Waals surface area contributed by atoms with Crippen LogP contribution in [0.15, 0.2) is 34.5 Å². The minimum Gasteiger partial charge on any atom is -0.302 e. The summed E-state index contributed by atoms with van der Waals surface area (Å²) in [4.78, 5) is 16.3. The first-order valence-corrected chi connectivity index (χ1v) is 7.48. The van der Waals surface area contributed by atoms with Gasteiger partial charge in [-0.3, -0.25) is 4.79 Å². The molecule has 0 aliphatic heterocycles. The number of carbonyl (C=O) groups excluding carboxylic acids is 1. The molecule has 2 rings (SSSR count). The van der Waals surface area contributed by atoms with Crippen LogP contribution in [0.4, 0.5) is 5.13 Å². The Kier molecular flexibility index (Phi) is 4.63. The highest BCUT2D eigenvalue weighted by atomic mass is 35.5. The van der Waals surface area contributed by atoms with E-state index in [1.54, 1.807) is 11.8 Å². The lowest BCUT2D eigenvalue weighted by Crippen LogP contribution is -2.05. The molecular formula is C12H11ClN2OS2. The van der Waals surface area contributed by atoms with Gasteiger partial charge in [-0.05, 0) is 24.3 Å². The topological polar surface area (TPSA) is 42.0 Å². The molecule has 1 N–H and O–H groups in total. The maximum absolute atomic E-state index is 10.9. The Morgan fingerprint density at radius 3 is 2.83 bits per heavy atom. The molecule has 18 heavy (non-hydrogen) atoms. The molecule has 0 spiro atoms. The summed E-state index contributed by atoms with van der Waals surface area (Å²) in [7, 11) is 0. The third kappa shape index (κ3) is 4.01. The Morgan fingerprint density at radius 1 is 1.44 bits per heavy atom. The number of rotatable bonds is 4. The normalized spacial score (nSPS) is 10.3. The van der Waals surface area contributed by atoms with Crippen molar-refractivity contribution in [3.8, 4) is 0 Å². The summed E-state index contributed by atoms with van der Waals surface area (Å²) in [5, 5.41) is 6.01. The monoisotopic (exact) mass is 298 g/mol. The molecule has 0 saturated heterocycles. The van der Waals surface area contributed by atoms with Gasteiger partial charge in [0.2, 0.25) is 5.91 Å². The Hall–Kier alpha value is -1.04. The van der Waals surface area contributed by atoms with Crippen LogP contribution >= 0.6 is 34.7 Å². The first-order chi connectivity index (χ1) is 8.63. The van der Waals surface area contributed by atoms with Gasteiger partial charge in [0.1, 0.15) is 0 Å². The Balaban J connectivity index is 1.92. The quantitative estimate of drug-likeness (QED) is 0.866. The second kappa shape index (κ2) is 6.22. The van der Waals surface area contributed by atoms with Crippen LogP contribution in [-0.4, -0.2) is 10.9 Å². The van der Waals surface area contributed by atoms with E-state index in [0.717, 1.165) is 21.4 Å². The van der Waals surface area contributed by atoms with Gasteiger partial charge in [0.15, 0.2) is 5.13 Å². The number of thioether (sulfide) groups is 1. The molecule has 0 aliphatic carbocycles. The zero-order chi connectivity index (χ0) is 13.0. The van der Waals surface area contributed by atoms with Crippen molar-refractivity contribution in [2.45, 2.75) is 17.6 Å². The molecular weight excluding hydrogens is 288 g/mol. The smallest absolute Gasteiger partial charge is 0.223 e. The summed E-state index contributed by atoms with van der Waals surface area (Å²) >= 11 is 8.95. The van der Waals surface area contributed by atoms with E-state index in [1.165, 1.54) is 18.3 Å². The van der Waals surface area contributed by atoms with Gasteiger partial charge in [0.05, 0.1) is 5.69 Å². The minimum atomic E-state index is -0.0961. The van der Waals surface area contributed by atoms with Gasteiger partial charge >= 0.3 is 0 Å². The molecule has 2 aromatic rings. The highest BCUT2D eigenvalue weighted by Gasteiger charge is 2.04.